The molecule has 1 fully saturated rings. The van der Waals surface area contributed by atoms with Gasteiger partial charge in [-0.1, -0.05) is 0 Å². The quantitative estimate of drug-likeness (QED) is 0.421. The lowest BCUT2D eigenvalue weighted by atomic mass is 10.1. The number of Topliss-reactive ketones (excluding diaryl/α,β-unsaturated/α-hetero) is 1. The minimum Gasteiger partial charge on any atom is -0.493 e. The van der Waals surface area contributed by atoms with Gasteiger partial charge in [-0.05, 0) is 43.3 Å². The fourth-order valence-corrected chi connectivity index (χ4v) is 3.90. The molecule has 0 radical (unpaired) electrons. The van der Waals surface area contributed by atoms with Crippen LogP contribution in [-0.4, -0.2) is 61.0 Å². The van der Waals surface area contributed by atoms with Gasteiger partial charge in [0.25, 0.3) is 5.78 Å². The highest BCUT2D eigenvalue weighted by atomic mass is 16.9. The largest absolute Gasteiger partial charge is 0.493 e. The predicted molar refractivity (Wildman–Crippen MR) is 135 cm³/mol. The summed E-state index contributed by atoms with van der Waals surface area (Å²) in [5.41, 5.74) is 1.04. The number of hydrogen-bond acceptors (Lipinski definition) is 10. The first-order valence-electron chi connectivity index (χ1n) is 11.4. The number of rotatable bonds is 10. The molecule has 0 unspecified atom stereocenters. The molecule has 0 N–H and O–H groups in total. The van der Waals surface area contributed by atoms with Crippen LogP contribution in [0.5, 0.6) is 34.5 Å². The molecule has 1 saturated heterocycles. The minimum absolute atomic E-state index is 0.0292. The average Bonchev–Trinajstić information content (AvgIpc) is 2.90. The molecule has 0 bridgehead atoms. The zero-order chi connectivity index (χ0) is 27.2. The molecule has 2 aromatic carbocycles. The van der Waals surface area contributed by atoms with Gasteiger partial charge in [-0.25, -0.2) is 0 Å². The third-order valence-electron chi connectivity index (χ3n) is 5.49. The summed E-state index contributed by atoms with van der Waals surface area (Å²) in [5.74, 6) is 0.262. The summed E-state index contributed by atoms with van der Waals surface area (Å²) in [6.07, 6.45) is 3.06. The minimum atomic E-state index is -1.58. The van der Waals surface area contributed by atoms with Crippen molar-refractivity contribution in [2.45, 2.75) is 19.8 Å². The lowest BCUT2D eigenvalue weighted by Crippen LogP contribution is -2.42. The maximum atomic E-state index is 13.5. The van der Waals surface area contributed by atoms with E-state index in [4.69, 9.17) is 42.6 Å². The van der Waals surface area contributed by atoms with Gasteiger partial charge < -0.3 is 42.6 Å². The third-order valence-corrected chi connectivity index (χ3v) is 5.49. The molecule has 1 aliphatic heterocycles. The Labute approximate surface area is 216 Å². The number of ether oxygens (including phenoxy) is 9. The number of ketones is 1. The van der Waals surface area contributed by atoms with Crippen molar-refractivity contribution in [2.24, 2.45) is 0 Å². The first-order chi connectivity index (χ1) is 17.8. The standard InChI is InChI=1S/C27H32O10/c1-9-35-27(2)36-20(14-16-10-12-18(29-3)25(33-7)23(16)31-5)22(28)21(37-27)15-17-11-13-19(30-4)26(34-8)24(17)32-6/h10-15H,9H2,1-8H3/b20-14-,21-15-. The van der Waals surface area contributed by atoms with Crippen molar-refractivity contribution in [1.29, 1.82) is 0 Å². The van der Waals surface area contributed by atoms with Gasteiger partial charge in [-0.3, -0.25) is 4.79 Å². The van der Waals surface area contributed by atoms with Gasteiger partial charge in [0.1, 0.15) is 0 Å². The fourth-order valence-electron chi connectivity index (χ4n) is 3.90. The average molecular weight is 517 g/mol. The highest BCUT2D eigenvalue weighted by Gasteiger charge is 2.41. The summed E-state index contributed by atoms with van der Waals surface area (Å²) in [6.45, 7) is 3.63. The van der Waals surface area contributed by atoms with E-state index in [9.17, 15) is 4.79 Å². The zero-order valence-electron chi connectivity index (χ0n) is 22.3. The summed E-state index contributed by atoms with van der Waals surface area (Å²) >= 11 is 0. The first kappa shape index (κ1) is 27.5. The molecule has 0 amide bonds. The maximum Gasteiger partial charge on any atom is 0.368 e. The van der Waals surface area contributed by atoms with E-state index in [0.29, 0.717) is 45.6 Å². The van der Waals surface area contributed by atoms with Crippen molar-refractivity contribution in [1.82, 2.24) is 0 Å². The van der Waals surface area contributed by atoms with E-state index in [1.54, 1.807) is 38.1 Å². The molecule has 3 rings (SSSR count). The Kier molecular flexibility index (Phi) is 8.77. The summed E-state index contributed by atoms with van der Waals surface area (Å²) in [7, 11) is 9.02. The van der Waals surface area contributed by atoms with E-state index < -0.39 is 11.8 Å². The van der Waals surface area contributed by atoms with Gasteiger partial charge in [0.05, 0.1) is 49.3 Å². The number of benzene rings is 2. The SMILES string of the molecule is CCOC1(C)O/C(=C\c2ccc(OC)c(OC)c2OC)C(=O)/C(=C/c2ccc(OC)c(OC)c2OC)O1. The van der Waals surface area contributed by atoms with Gasteiger partial charge in [0, 0.05) is 18.1 Å². The van der Waals surface area contributed by atoms with E-state index in [2.05, 4.69) is 0 Å². The Morgan fingerprint density at radius 2 is 1.08 bits per heavy atom. The van der Waals surface area contributed by atoms with Crippen molar-refractivity contribution < 1.29 is 47.4 Å². The molecule has 1 heterocycles. The second-order valence-electron chi connectivity index (χ2n) is 7.69. The van der Waals surface area contributed by atoms with Crippen LogP contribution in [0.4, 0.5) is 0 Å². The first-order valence-corrected chi connectivity index (χ1v) is 11.4. The molecule has 0 saturated carbocycles. The molecule has 10 nitrogen and oxygen atoms in total. The van der Waals surface area contributed by atoms with Crippen LogP contribution in [0.2, 0.25) is 0 Å². The number of carbonyl (C=O) groups is 1. The predicted octanol–water partition coefficient (Wildman–Crippen LogP) is 4.45. The van der Waals surface area contributed by atoms with Gasteiger partial charge in [0.2, 0.25) is 11.5 Å². The van der Waals surface area contributed by atoms with Crippen molar-refractivity contribution in [3.8, 4) is 34.5 Å². The van der Waals surface area contributed by atoms with E-state index in [1.165, 1.54) is 54.8 Å². The topological polar surface area (TPSA) is 100 Å². The molecule has 0 atom stereocenters. The van der Waals surface area contributed by atoms with Gasteiger partial charge in [-0.2, -0.15) is 0 Å². The van der Waals surface area contributed by atoms with Crippen LogP contribution < -0.4 is 28.4 Å². The van der Waals surface area contributed by atoms with Crippen molar-refractivity contribution in [2.75, 3.05) is 49.3 Å². The van der Waals surface area contributed by atoms with Crippen LogP contribution >= 0.6 is 0 Å². The molecule has 200 valence electrons. The second kappa shape index (κ2) is 11.8. The van der Waals surface area contributed by atoms with E-state index in [-0.39, 0.29) is 18.1 Å². The Morgan fingerprint density at radius 1 is 0.676 bits per heavy atom. The van der Waals surface area contributed by atoms with Gasteiger partial charge in [-0.15, -0.1) is 0 Å². The molecule has 0 aromatic heterocycles. The van der Waals surface area contributed by atoms with Crippen molar-refractivity contribution in [3.63, 3.8) is 0 Å². The van der Waals surface area contributed by atoms with E-state index in [0.717, 1.165) is 0 Å². The highest BCUT2D eigenvalue weighted by Crippen LogP contribution is 2.43. The van der Waals surface area contributed by atoms with Crippen LogP contribution in [0.3, 0.4) is 0 Å². The Hall–Kier alpha value is -4.05. The van der Waals surface area contributed by atoms with Crippen LogP contribution in [0.1, 0.15) is 25.0 Å². The third kappa shape index (κ3) is 5.54. The smallest absolute Gasteiger partial charge is 0.368 e. The van der Waals surface area contributed by atoms with Crippen LogP contribution in [0.25, 0.3) is 12.2 Å². The molecule has 2 aromatic rings. The van der Waals surface area contributed by atoms with Crippen LogP contribution in [0, 0.1) is 0 Å². The normalized spacial score (nSPS) is 19.2. The summed E-state index contributed by atoms with van der Waals surface area (Å²) in [6, 6.07) is 6.84. The highest BCUT2D eigenvalue weighted by molar-refractivity contribution is 6.11. The van der Waals surface area contributed by atoms with Crippen molar-refractivity contribution in [3.05, 3.63) is 46.9 Å². The fraction of sp³-hybridized carbons (Fsp3) is 0.370. The lowest BCUT2D eigenvalue weighted by Gasteiger charge is -2.35. The second-order valence-corrected chi connectivity index (χ2v) is 7.69. The molecular weight excluding hydrogens is 484 g/mol. The summed E-state index contributed by atoms with van der Waals surface area (Å²) in [4.78, 5) is 13.5. The molecule has 0 aliphatic carbocycles. The van der Waals surface area contributed by atoms with Crippen molar-refractivity contribution >= 4 is 17.9 Å². The Morgan fingerprint density at radius 3 is 1.41 bits per heavy atom. The van der Waals surface area contributed by atoms with Gasteiger partial charge in [0.15, 0.2) is 34.5 Å². The van der Waals surface area contributed by atoms with E-state index >= 15 is 0 Å². The molecule has 37 heavy (non-hydrogen) atoms. The number of methoxy groups -OCH3 is 6. The number of carbonyl (C=O) groups excluding carboxylic acids is 1. The monoisotopic (exact) mass is 516 g/mol. The Balaban J connectivity index is 2.17. The zero-order valence-corrected chi connectivity index (χ0v) is 22.3. The van der Waals surface area contributed by atoms with Gasteiger partial charge >= 0.3 is 5.97 Å². The summed E-state index contributed by atoms with van der Waals surface area (Å²) < 4.78 is 50.2. The molecule has 10 heteroatoms. The molecule has 1 aliphatic rings. The maximum absolute atomic E-state index is 13.5. The Bertz CT molecular complexity index is 1110. The van der Waals surface area contributed by atoms with Crippen LogP contribution in [-0.2, 0) is 19.0 Å². The van der Waals surface area contributed by atoms with E-state index in [1.807, 2.05) is 0 Å². The summed E-state index contributed by atoms with van der Waals surface area (Å²) in [5, 5.41) is 0. The molecular formula is C27H32O10. The van der Waals surface area contributed by atoms with Crippen LogP contribution in [0.15, 0.2) is 35.8 Å². The molecule has 0 spiro atoms. The number of hydrogen-bond donors (Lipinski definition) is 0. The lowest BCUT2D eigenvalue weighted by molar-refractivity contribution is -0.343.